The van der Waals surface area contributed by atoms with Gasteiger partial charge in [0.2, 0.25) is 0 Å². The molecule has 0 aliphatic heterocycles. The SMILES string of the molecule is CC/C=C\C/C=C\C/C=C\C/C=C\C/C=C\CCCC(=O)OCC(COP(=O)(O)OCC(O)COP(=O)(O)OCC(COC(=O)CCCCCCC/C=C\C/C=C\CCC)OC(=O)CCCCCCC/C=C\CCCCCC)OC(=O)CCCCCCC/C=C\CCCC. The molecule has 0 aromatic carbocycles. The molecule has 0 spiro atoms. The number of hydrogen-bond donors (Lipinski definition) is 3. The van der Waals surface area contributed by atoms with Crippen LogP contribution < -0.4 is 0 Å². The Labute approximate surface area is 569 Å². The number of phosphoric acid groups is 2. The van der Waals surface area contributed by atoms with Crippen LogP contribution in [0, 0.1) is 0 Å². The molecule has 0 bridgehead atoms. The highest BCUT2D eigenvalue weighted by atomic mass is 31.2. The summed E-state index contributed by atoms with van der Waals surface area (Å²) < 4.78 is 68.2. The minimum atomic E-state index is -4.98. The van der Waals surface area contributed by atoms with Gasteiger partial charge in [0.05, 0.1) is 26.4 Å². The summed E-state index contributed by atoms with van der Waals surface area (Å²) in [4.78, 5) is 72.6. The molecule has 0 heterocycles. The maximum atomic E-state index is 13.0. The Morgan fingerprint density at radius 2 is 0.596 bits per heavy atom. The highest BCUT2D eigenvalue weighted by molar-refractivity contribution is 7.47. The lowest BCUT2D eigenvalue weighted by molar-refractivity contribution is -0.161. The van der Waals surface area contributed by atoms with Crippen molar-refractivity contribution in [3.63, 3.8) is 0 Å². The first-order valence-electron chi connectivity index (χ1n) is 36.1. The maximum absolute atomic E-state index is 13.0. The molecular formula is C75H128O17P2. The van der Waals surface area contributed by atoms with E-state index in [0.29, 0.717) is 32.1 Å². The van der Waals surface area contributed by atoms with Gasteiger partial charge in [-0.15, -0.1) is 0 Å². The summed E-state index contributed by atoms with van der Waals surface area (Å²) in [6.45, 7) is 4.52. The van der Waals surface area contributed by atoms with Crippen molar-refractivity contribution in [1.29, 1.82) is 0 Å². The first-order valence-corrected chi connectivity index (χ1v) is 39.1. The van der Waals surface area contributed by atoms with Crippen LogP contribution in [0.25, 0.3) is 0 Å². The molecule has 0 rings (SSSR count). The third-order valence-corrected chi connectivity index (χ3v) is 16.6. The van der Waals surface area contributed by atoms with Gasteiger partial charge in [-0.25, -0.2) is 9.13 Å². The molecule has 0 saturated heterocycles. The summed E-state index contributed by atoms with van der Waals surface area (Å²) in [6, 6.07) is 0. The lowest BCUT2D eigenvalue weighted by Gasteiger charge is -2.21. The van der Waals surface area contributed by atoms with Crippen molar-refractivity contribution in [3.05, 3.63) is 109 Å². The van der Waals surface area contributed by atoms with E-state index in [0.717, 1.165) is 161 Å². The number of allylic oxidation sites excluding steroid dienone is 18. The predicted octanol–water partition coefficient (Wildman–Crippen LogP) is 20.2. The summed E-state index contributed by atoms with van der Waals surface area (Å²) in [6.07, 6.45) is 69.6. The van der Waals surface area contributed by atoms with Crippen LogP contribution in [-0.2, 0) is 65.4 Å². The summed E-state index contributed by atoms with van der Waals surface area (Å²) in [5, 5.41) is 10.6. The molecule has 0 fully saturated rings. The van der Waals surface area contributed by atoms with Gasteiger partial charge < -0.3 is 33.8 Å². The van der Waals surface area contributed by atoms with Gasteiger partial charge in [0.25, 0.3) is 0 Å². The van der Waals surface area contributed by atoms with Crippen LogP contribution in [0.2, 0.25) is 0 Å². The first-order chi connectivity index (χ1) is 45.7. The first kappa shape index (κ1) is 89.7. The number of unbranched alkanes of at least 4 members (excludes halogenated alkanes) is 23. The van der Waals surface area contributed by atoms with E-state index in [9.17, 15) is 43.2 Å². The number of ether oxygens (including phenoxy) is 4. The van der Waals surface area contributed by atoms with Gasteiger partial charge in [0, 0.05) is 25.7 Å². The highest BCUT2D eigenvalue weighted by Gasteiger charge is 2.30. The van der Waals surface area contributed by atoms with Crippen molar-refractivity contribution in [1.82, 2.24) is 0 Å². The van der Waals surface area contributed by atoms with Gasteiger partial charge in [0.1, 0.15) is 19.3 Å². The van der Waals surface area contributed by atoms with Crippen LogP contribution in [0.15, 0.2) is 109 Å². The third kappa shape index (κ3) is 66.3. The zero-order valence-electron chi connectivity index (χ0n) is 58.6. The number of esters is 4. The average Bonchev–Trinajstić information content (AvgIpc) is 1.32. The van der Waals surface area contributed by atoms with Gasteiger partial charge >= 0.3 is 39.5 Å². The van der Waals surface area contributed by atoms with E-state index in [1.165, 1.54) is 38.5 Å². The van der Waals surface area contributed by atoms with Gasteiger partial charge in [0.15, 0.2) is 12.2 Å². The van der Waals surface area contributed by atoms with Gasteiger partial charge in [-0.1, -0.05) is 233 Å². The van der Waals surface area contributed by atoms with Crippen LogP contribution in [0.5, 0.6) is 0 Å². The Balaban J connectivity index is 5.38. The molecule has 0 aromatic rings. The summed E-state index contributed by atoms with van der Waals surface area (Å²) in [5.74, 6) is -2.28. The lowest BCUT2D eigenvalue weighted by Crippen LogP contribution is -2.30. The molecule has 5 atom stereocenters. The minimum Gasteiger partial charge on any atom is -0.462 e. The number of carbonyl (C=O) groups is 4. The van der Waals surface area contributed by atoms with Gasteiger partial charge in [-0.3, -0.25) is 37.3 Å². The fourth-order valence-electron chi connectivity index (χ4n) is 9.15. The molecule has 0 aromatic heterocycles. The van der Waals surface area contributed by atoms with E-state index in [2.05, 4.69) is 125 Å². The number of aliphatic hydroxyl groups excluding tert-OH is 1. The minimum absolute atomic E-state index is 0.0705. The van der Waals surface area contributed by atoms with Crippen molar-refractivity contribution in [3.8, 4) is 0 Å². The van der Waals surface area contributed by atoms with E-state index in [4.69, 9.17) is 37.0 Å². The predicted molar refractivity (Wildman–Crippen MR) is 381 cm³/mol. The zero-order valence-corrected chi connectivity index (χ0v) is 60.4. The molecule has 540 valence electrons. The van der Waals surface area contributed by atoms with Crippen molar-refractivity contribution < 1.29 is 80.2 Å². The zero-order chi connectivity index (χ0) is 69.0. The average molecular weight is 1360 g/mol. The topological polar surface area (TPSA) is 237 Å². The molecule has 19 heteroatoms. The lowest BCUT2D eigenvalue weighted by atomic mass is 10.1. The van der Waals surface area contributed by atoms with Gasteiger partial charge in [-0.2, -0.15) is 0 Å². The van der Waals surface area contributed by atoms with Crippen molar-refractivity contribution >= 4 is 39.5 Å². The van der Waals surface area contributed by atoms with Crippen molar-refractivity contribution in [2.24, 2.45) is 0 Å². The monoisotopic (exact) mass is 1360 g/mol. The molecule has 0 saturated carbocycles. The summed E-state index contributed by atoms with van der Waals surface area (Å²) >= 11 is 0. The van der Waals surface area contributed by atoms with E-state index < -0.39 is 97.5 Å². The van der Waals surface area contributed by atoms with Crippen LogP contribution in [0.4, 0.5) is 0 Å². The third-order valence-electron chi connectivity index (χ3n) is 14.7. The van der Waals surface area contributed by atoms with E-state index in [1.807, 2.05) is 12.2 Å². The largest absolute Gasteiger partial charge is 0.472 e. The Morgan fingerprint density at radius 1 is 0.309 bits per heavy atom. The molecule has 3 N–H and O–H groups in total. The van der Waals surface area contributed by atoms with E-state index in [1.54, 1.807) is 0 Å². The van der Waals surface area contributed by atoms with E-state index in [-0.39, 0.29) is 25.7 Å². The van der Waals surface area contributed by atoms with Crippen LogP contribution >= 0.6 is 15.6 Å². The number of phosphoric ester groups is 2. The molecule has 0 amide bonds. The van der Waals surface area contributed by atoms with Crippen LogP contribution in [-0.4, -0.2) is 96.7 Å². The Kier molecular flexibility index (Phi) is 64.2. The Morgan fingerprint density at radius 3 is 0.979 bits per heavy atom. The summed E-state index contributed by atoms with van der Waals surface area (Å²) in [5.41, 5.74) is 0. The number of carbonyl (C=O) groups excluding carboxylic acids is 4. The molecule has 0 radical (unpaired) electrons. The molecular weight excluding hydrogens is 1230 g/mol. The van der Waals surface area contributed by atoms with Crippen LogP contribution in [0.1, 0.15) is 285 Å². The fraction of sp³-hybridized carbons (Fsp3) is 0.707. The summed E-state index contributed by atoms with van der Waals surface area (Å²) in [7, 11) is -9.96. The highest BCUT2D eigenvalue weighted by Crippen LogP contribution is 2.45. The van der Waals surface area contributed by atoms with E-state index >= 15 is 0 Å². The maximum Gasteiger partial charge on any atom is 0.472 e. The quantitative estimate of drug-likeness (QED) is 0.0169. The Bertz CT molecular complexity index is 2220. The number of hydrogen-bond acceptors (Lipinski definition) is 15. The fourth-order valence-corrected chi connectivity index (χ4v) is 10.7. The molecule has 94 heavy (non-hydrogen) atoms. The molecule has 17 nitrogen and oxygen atoms in total. The molecule has 0 aliphatic carbocycles. The second kappa shape index (κ2) is 67.3. The Hall–Kier alpha value is -4.28. The normalized spacial score (nSPS) is 14.7. The second-order valence-corrected chi connectivity index (χ2v) is 26.7. The molecule has 0 aliphatic rings. The number of aliphatic hydroxyl groups is 1. The molecule has 5 unspecified atom stereocenters. The second-order valence-electron chi connectivity index (χ2n) is 23.8. The van der Waals surface area contributed by atoms with Crippen molar-refractivity contribution in [2.45, 2.75) is 303 Å². The number of rotatable bonds is 67. The van der Waals surface area contributed by atoms with Crippen LogP contribution in [0.3, 0.4) is 0 Å². The smallest absolute Gasteiger partial charge is 0.462 e. The van der Waals surface area contributed by atoms with Gasteiger partial charge in [-0.05, 0) is 135 Å². The standard InChI is InChI=1S/C75H128O17P2/c1-5-9-13-17-21-25-29-32-33-34-35-38-41-44-48-52-56-60-73(78)86-65-70(91-74(79)61-57-53-49-45-39-28-24-20-16-12-8-4)67-89-93(81,82)87-63-69(76)64-88-94(83,84)90-68-71(92-75(80)62-58-54-50-46-42-37-31-27-23-19-15-11-7-3)66-85-72(77)59-55-51-47-43-40-36-30-26-22-18-14-10-6-2/h9,13-14,18,20-21,24-27,30-33,35,38,44,48,69-71,76H,5-8,10-12,15-17,19,22-23,28-29,34,36-37,39-43,45-47,49-68H2,1-4H3,(H,81,82)(H,83,84)/b13-9-,18-14-,24-20-,25-21-,30-26-,31-27-,33-32-,38-35-,48-44-. The van der Waals surface area contributed by atoms with Crippen molar-refractivity contribution in [2.75, 3.05) is 39.6 Å².